The van der Waals surface area contributed by atoms with Crippen LogP contribution in [0.3, 0.4) is 0 Å². The van der Waals surface area contributed by atoms with Crippen LogP contribution in [0.1, 0.15) is 24.4 Å². The number of aromatic nitrogens is 4. The largest absolute Gasteiger partial charge is 0.459 e. The molecule has 4 heterocycles. The monoisotopic (exact) mass is 428 g/mol. The van der Waals surface area contributed by atoms with E-state index in [1.54, 1.807) is 27.9 Å². The van der Waals surface area contributed by atoms with Gasteiger partial charge in [-0.1, -0.05) is 13.8 Å². The summed E-state index contributed by atoms with van der Waals surface area (Å²) in [6.45, 7) is 8.60. The molecule has 0 N–H and O–H groups in total. The van der Waals surface area contributed by atoms with Gasteiger partial charge in [-0.3, -0.25) is 23.6 Å². The Morgan fingerprint density at radius 2 is 1.90 bits per heavy atom. The fourth-order valence-electron chi connectivity index (χ4n) is 3.98. The quantitative estimate of drug-likeness (QED) is 0.570. The van der Waals surface area contributed by atoms with Crippen molar-refractivity contribution < 1.29 is 9.21 Å². The highest BCUT2D eigenvalue weighted by molar-refractivity contribution is 5.91. The minimum atomic E-state index is -0.339. The number of nitrogens with zero attached hydrogens (tertiary/aromatic N) is 6. The number of fused-ring (bicyclic) bond motifs is 1. The summed E-state index contributed by atoms with van der Waals surface area (Å²) in [5.74, 6) is 0.530. The molecular weight excluding hydrogens is 400 g/mol. The van der Waals surface area contributed by atoms with Gasteiger partial charge >= 0.3 is 5.69 Å². The second kappa shape index (κ2) is 8.54. The lowest BCUT2D eigenvalue weighted by molar-refractivity contribution is 0.0603. The van der Waals surface area contributed by atoms with Crippen molar-refractivity contribution in [2.24, 2.45) is 13.0 Å². The highest BCUT2D eigenvalue weighted by Crippen LogP contribution is 2.12. The minimum absolute atomic E-state index is 0.0862. The van der Waals surface area contributed by atoms with Gasteiger partial charge in [0.15, 0.2) is 16.9 Å². The van der Waals surface area contributed by atoms with E-state index in [-0.39, 0.29) is 23.1 Å². The van der Waals surface area contributed by atoms with Crippen molar-refractivity contribution >= 4 is 17.1 Å². The van der Waals surface area contributed by atoms with E-state index in [0.29, 0.717) is 43.1 Å². The predicted molar refractivity (Wildman–Crippen MR) is 115 cm³/mol. The van der Waals surface area contributed by atoms with Crippen LogP contribution in [0, 0.1) is 5.92 Å². The summed E-state index contributed by atoms with van der Waals surface area (Å²) in [6, 6.07) is 3.39. The molecule has 0 radical (unpaired) electrons. The van der Waals surface area contributed by atoms with Crippen molar-refractivity contribution in [2.75, 3.05) is 32.7 Å². The Morgan fingerprint density at radius 1 is 1.16 bits per heavy atom. The van der Waals surface area contributed by atoms with Crippen LogP contribution in [0.2, 0.25) is 0 Å². The summed E-state index contributed by atoms with van der Waals surface area (Å²) >= 11 is 0. The molecule has 0 aliphatic carbocycles. The molecule has 0 spiro atoms. The molecule has 10 nitrogen and oxygen atoms in total. The number of hydrogen-bond acceptors (Lipinski definition) is 6. The lowest BCUT2D eigenvalue weighted by Crippen LogP contribution is -2.49. The molecule has 3 aromatic rings. The molecule has 166 valence electrons. The second-order valence-electron chi connectivity index (χ2n) is 8.37. The molecular formula is C21H28N6O4. The van der Waals surface area contributed by atoms with Crippen molar-refractivity contribution in [1.29, 1.82) is 0 Å². The fraction of sp³-hybridized carbons (Fsp3) is 0.524. The molecule has 1 amide bonds. The average molecular weight is 428 g/mol. The molecule has 1 aliphatic heterocycles. The Bertz CT molecular complexity index is 1180. The standard InChI is InChI=1S/C21H28N6O4/c1-15(2)13-27-18-17(20(29)23(3)21(27)30)26(14-22-18)11-8-24-6-9-25(10-7-24)19(28)16-5-4-12-31-16/h4-5,12,14-15H,6-11,13H2,1-3H3. The van der Waals surface area contributed by atoms with Gasteiger partial charge in [0.05, 0.1) is 12.6 Å². The number of piperazine rings is 1. The van der Waals surface area contributed by atoms with Gasteiger partial charge in [0.2, 0.25) is 0 Å². The van der Waals surface area contributed by atoms with Crippen LogP contribution >= 0.6 is 0 Å². The first kappa shape index (κ1) is 21.1. The van der Waals surface area contributed by atoms with Crippen molar-refractivity contribution in [3.05, 3.63) is 51.3 Å². The van der Waals surface area contributed by atoms with E-state index in [1.165, 1.54) is 13.3 Å². The highest BCUT2D eigenvalue weighted by Gasteiger charge is 2.24. The number of hydrogen-bond donors (Lipinski definition) is 0. The Kier molecular flexibility index (Phi) is 5.81. The number of carbonyl (C=O) groups excluding carboxylic acids is 1. The second-order valence-corrected chi connectivity index (χ2v) is 8.37. The molecule has 0 atom stereocenters. The molecule has 0 saturated carbocycles. The van der Waals surface area contributed by atoms with Crippen LogP contribution in [-0.2, 0) is 20.1 Å². The zero-order valence-electron chi connectivity index (χ0n) is 18.2. The van der Waals surface area contributed by atoms with Gasteiger partial charge in [-0.15, -0.1) is 0 Å². The third kappa shape index (κ3) is 4.07. The zero-order valence-corrected chi connectivity index (χ0v) is 18.2. The van der Waals surface area contributed by atoms with Gasteiger partial charge in [0.25, 0.3) is 11.5 Å². The maximum Gasteiger partial charge on any atom is 0.332 e. The lowest BCUT2D eigenvalue weighted by Gasteiger charge is -2.34. The molecule has 10 heteroatoms. The van der Waals surface area contributed by atoms with E-state index in [2.05, 4.69) is 9.88 Å². The number of furan rings is 1. The maximum atomic E-state index is 12.8. The first-order valence-electron chi connectivity index (χ1n) is 10.6. The number of carbonyl (C=O) groups is 1. The smallest absolute Gasteiger partial charge is 0.332 e. The van der Waals surface area contributed by atoms with Crippen LogP contribution in [0.5, 0.6) is 0 Å². The minimum Gasteiger partial charge on any atom is -0.459 e. The summed E-state index contributed by atoms with van der Waals surface area (Å²) in [6.07, 6.45) is 3.14. The molecule has 4 rings (SSSR count). The van der Waals surface area contributed by atoms with Crippen LogP contribution in [0.4, 0.5) is 0 Å². The highest BCUT2D eigenvalue weighted by atomic mass is 16.3. The Morgan fingerprint density at radius 3 is 2.55 bits per heavy atom. The number of amides is 1. The third-order valence-corrected chi connectivity index (χ3v) is 5.70. The molecule has 31 heavy (non-hydrogen) atoms. The first-order valence-corrected chi connectivity index (χ1v) is 10.6. The third-order valence-electron chi connectivity index (χ3n) is 5.70. The number of rotatable bonds is 6. The zero-order chi connectivity index (χ0) is 22.1. The van der Waals surface area contributed by atoms with Crippen molar-refractivity contribution in [1.82, 2.24) is 28.5 Å². The summed E-state index contributed by atoms with van der Waals surface area (Å²) in [5, 5.41) is 0. The Hall–Kier alpha value is -3.14. The van der Waals surface area contributed by atoms with E-state index in [4.69, 9.17) is 4.42 Å². The van der Waals surface area contributed by atoms with Crippen molar-refractivity contribution in [3.63, 3.8) is 0 Å². The van der Waals surface area contributed by atoms with E-state index in [1.807, 2.05) is 18.4 Å². The Balaban J connectivity index is 1.45. The normalized spacial score (nSPS) is 15.3. The SMILES string of the molecule is CC(C)Cn1c(=O)n(C)c(=O)c2c1ncn2CCN1CCN(C(=O)c2ccco2)CC1. The van der Waals surface area contributed by atoms with Crippen molar-refractivity contribution in [3.8, 4) is 0 Å². The Labute approximate surface area is 179 Å². The number of imidazole rings is 1. The fourth-order valence-corrected chi connectivity index (χ4v) is 3.98. The summed E-state index contributed by atoms with van der Waals surface area (Å²) in [7, 11) is 1.51. The average Bonchev–Trinajstić information content (AvgIpc) is 3.44. The molecule has 1 fully saturated rings. The molecule has 0 unspecified atom stereocenters. The summed E-state index contributed by atoms with van der Waals surface area (Å²) in [4.78, 5) is 46.2. The van der Waals surface area contributed by atoms with Gasteiger partial charge in [0.1, 0.15) is 0 Å². The van der Waals surface area contributed by atoms with Gasteiger partial charge in [0, 0.05) is 52.9 Å². The van der Waals surface area contributed by atoms with Gasteiger partial charge < -0.3 is 13.9 Å². The molecule has 0 aromatic carbocycles. The topological polar surface area (TPSA) is 98.5 Å². The summed E-state index contributed by atoms with van der Waals surface area (Å²) in [5.41, 5.74) is 0.227. The first-order chi connectivity index (χ1) is 14.9. The van der Waals surface area contributed by atoms with E-state index < -0.39 is 0 Å². The molecule has 1 aliphatic rings. The van der Waals surface area contributed by atoms with E-state index in [9.17, 15) is 14.4 Å². The van der Waals surface area contributed by atoms with Crippen LogP contribution in [0.15, 0.2) is 38.7 Å². The van der Waals surface area contributed by atoms with E-state index in [0.717, 1.165) is 24.2 Å². The lowest BCUT2D eigenvalue weighted by atomic mass is 10.2. The summed E-state index contributed by atoms with van der Waals surface area (Å²) < 4.78 is 9.77. The van der Waals surface area contributed by atoms with Crippen LogP contribution in [-0.4, -0.2) is 67.1 Å². The molecule has 0 bridgehead atoms. The van der Waals surface area contributed by atoms with Gasteiger partial charge in [-0.2, -0.15) is 0 Å². The van der Waals surface area contributed by atoms with Gasteiger partial charge in [-0.25, -0.2) is 9.78 Å². The maximum absolute atomic E-state index is 12.8. The van der Waals surface area contributed by atoms with Crippen LogP contribution in [0.25, 0.3) is 11.2 Å². The molecule has 3 aromatic heterocycles. The predicted octanol–water partition coefficient (Wildman–Crippen LogP) is 0.604. The van der Waals surface area contributed by atoms with Gasteiger partial charge in [-0.05, 0) is 18.1 Å². The van der Waals surface area contributed by atoms with E-state index >= 15 is 0 Å². The molecule has 1 saturated heterocycles. The van der Waals surface area contributed by atoms with Crippen LogP contribution < -0.4 is 11.2 Å². The van der Waals surface area contributed by atoms with Crippen molar-refractivity contribution in [2.45, 2.75) is 26.9 Å².